The van der Waals surface area contributed by atoms with E-state index in [1.54, 1.807) is 6.20 Å². The summed E-state index contributed by atoms with van der Waals surface area (Å²) in [5.74, 6) is 1.57. The van der Waals surface area contributed by atoms with Gasteiger partial charge in [0.25, 0.3) is 5.91 Å². The molecule has 2 heterocycles. The normalized spacial score (nSPS) is 18.2. The topological polar surface area (TPSA) is 45.2 Å². The Balaban J connectivity index is 1.99. The minimum atomic E-state index is 0.109. The molecule has 1 aromatic heterocycles. The van der Waals surface area contributed by atoms with Crippen LogP contribution in [0.4, 0.5) is 5.82 Å². The van der Waals surface area contributed by atoms with Crippen molar-refractivity contribution in [3.05, 3.63) is 36.0 Å². The lowest BCUT2D eigenvalue weighted by molar-refractivity contribution is 0.0788. The SMILES string of the molecule is CCC1CCN(C(=O)c2cnc(NC)c3ccccc23)C1. The Morgan fingerprint density at radius 1 is 1.38 bits per heavy atom. The first-order valence-corrected chi connectivity index (χ1v) is 7.59. The Kier molecular flexibility index (Phi) is 3.78. The van der Waals surface area contributed by atoms with Gasteiger partial charge in [-0.05, 0) is 17.7 Å². The molecule has 1 saturated heterocycles. The highest BCUT2D eigenvalue weighted by atomic mass is 16.2. The van der Waals surface area contributed by atoms with Crippen molar-refractivity contribution in [1.29, 1.82) is 0 Å². The molecule has 0 aliphatic carbocycles. The van der Waals surface area contributed by atoms with Gasteiger partial charge in [-0.15, -0.1) is 0 Å². The van der Waals surface area contributed by atoms with Crippen LogP contribution < -0.4 is 5.32 Å². The van der Waals surface area contributed by atoms with E-state index >= 15 is 0 Å². The zero-order valence-corrected chi connectivity index (χ0v) is 12.6. The predicted octanol–water partition coefficient (Wildman–Crippen LogP) is 3.15. The van der Waals surface area contributed by atoms with Crippen molar-refractivity contribution in [1.82, 2.24) is 9.88 Å². The number of nitrogens with zero attached hydrogens (tertiary/aromatic N) is 2. The van der Waals surface area contributed by atoms with Crippen molar-refractivity contribution in [2.24, 2.45) is 5.92 Å². The van der Waals surface area contributed by atoms with Gasteiger partial charge in [-0.3, -0.25) is 4.79 Å². The van der Waals surface area contributed by atoms with Crippen LogP contribution in [0.3, 0.4) is 0 Å². The van der Waals surface area contributed by atoms with Gasteiger partial charge in [0, 0.05) is 31.7 Å². The minimum absolute atomic E-state index is 0.109. The maximum absolute atomic E-state index is 12.8. The molecule has 110 valence electrons. The van der Waals surface area contributed by atoms with Gasteiger partial charge in [-0.25, -0.2) is 4.98 Å². The third kappa shape index (κ3) is 2.46. The molecular formula is C17H21N3O. The fourth-order valence-electron chi connectivity index (χ4n) is 3.08. The first-order chi connectivity index (χ1) is 10.2. The Morgan fingerprint density at radius 2 is 2.14 bits per heavy atom. The molecule has 1 fully saturated rings. The third-order valence-corrected chi connectivity index (χ3v) is 4.41. The van der Waals surface area contributed by atoms with E-state index in [0.717, 1.165) is 42.5 Å². The molecule has 1 aliphatic rings. The van der Waals surface area contributed by atoms with Crippen LogP contribution in [0.2, 0.25) is 0 Å². The van der Waals surface area contributed by atoms with E-state index in [-0.39, 0.29) is 5.91 Å². The molecule has 2 aromatic rings. The molecular weight excluding hydrogens is 262 g/mol. The van der Waals surface area contributed by atoms with Gasteiger partial charge in [0.15, 0.2) is 0 Å². The van der Waals surface area contributed by atoms with E-state index in [2.05, 4.69) is 17.2 Å². The minimum Gasteiger partial charge on any atom is -0.373 e. The van der Waals surface area contributed by atoms with E-state index in [1.807, 2.05) is 36.2 Å². The van der Waals surface area contributed by atoms with Crippen LogP contribution in [-0.4, -0.2) is 35.9 Å². The van der Waals surface area contributed by atoms with Crippen LogP contribution >= 0.6 is 0 Å². The van der Waals surface area contributed by atoms with E-state index in [4.69, 9.17) is 0 Å². The number of pyridine rings is 1. The fraction of sp³-hybridized carbons (Fsp3) is 0.412. The summed E-state index contributed by atoms with van der Waals surface area (Å²) in [6.07, 6.45) is 3.96. The average Bonchev–Trinajstić information content (AvgIpc) is 3.02. The number of carbonyl (C=O) groups excluding carboxylic acids is 1. The second kappa shape index (κ2) is 5.72. The van der Waals surface area contributed by atoms with Crippen LogP contribution in [-0.2, 0) is 0 Å². The summed E-state index contributed by atoms with van der Waals surface area (Å²) in [7, 11) is 1.85. The number of hydrogen-bond acceptors (Lipinski definition) is 3. The Hall–Kier alpha value is -2.10. The van der Waals surface area contributed by atoms with Crippen LogP contribution in [0, 0.1) is 5.92 Å². The van der Waals surface area contributed by atoms with E-state index < -0.39 is 0 Å². The predicted molar refractivity (Wildman–Crippen MR) is 85.6 cm³/mol. The van der Waals surface area contributed by atoms with Crippen molar-refractivity contribution in [3.63, 3.8) is 0 Å². The number of rotatable bonds is 3. The molecule has 0 radical (unpaired) electrons. The highest BCUT2D eigenvalue weighted by Crippen LogP contribution is 2.27. The van der Waals surface area contributed by atoms with E-state index in [1.165, 1.54) is 0 Å². The van der Waals surface area contributed by atoms with Crippen molar-refractivity contribution in [2.45, 2.75) is 19.8 Å². The van der Waals surface area contributed by atoms with Gasteiger partial charge in [0.1, 0.15) is 5.82 Å². The fourth-order valence-corrected chi connectivity index (χ4v) is 3.08. The number of amides is 1. The summed E-state index contributed by atoms with van der Waals surface area (Å²) in [4.78, 5) is 19.2. The smallest absolute Gasteiger partial charge is 0.256 e. The van der Waals surface area contributed by atoms with Crippen LogP contribution in [0.25, 0.3) is 10.8 Å². The van der Waals surface area contributed by atoms with Crippen molar-refractivity contribution in [2.75, 3.05) is 25.5 Å². The second-order valence-corrected chi connectivity index (χ2v) is 5.63. The highest BCUT2D eigenvalue weighted by molar-refractivity contribution is 6.09. The molecule has 1 atom stereocenters. The lowest BCUT2D eigenvalue weighted by Gasteiger charge is -2.18. The highest BCUT2D eigenvalue weighted by Gasteiger charge is 2.27. The number of aromatic nitrogens is 1. The average molecular weight is 283 g/mol. The van der Waals surface area contributed by atoms with Crippen LogP contribution in [0.1, 0.15) is 30.1 Å². The number of likely N-dealkylation sites (tertiary alicyclic amines) is 1. The molecule has 3 rings (SSSR count). The molecule has 1 N–H and O–H groups in total. The summed E-state index contributed by atoms with van der Waals surface area (Å²) in [6.45, 7) is 3.92. The maximum Gasteiger partial charge on any atom is 0.256 e. The summed E-state index contributed by atoms with van der Waals surface area (Å²) in [5.41, 5.74) is 0.710. The van der Waals surface area contributed by atoms with Gasteiger partial charge in [-0.2, -0.15) is 0 Å². The van der Waals surface area contributed by atoms with E-state index in [9.17, 15) is 4.79 Å². The van der Waals surface area contributed by atoms with Gasteiger partial charge < -0.3 is 10.2 Å². The molecule has 1 unspecified atom stereocenters. The summed E-state index contributed by atoms with van der Waals surface area (Å²) in [5, 5.41) is 5.06. The van der Waals surface area contributed by atoms with Gasteiger partial charge in [-0.1, -0.05) is 37.6 Å². The molecule has 0 bridgehead atoms. The van der Waals surface area contributed by atoms with Gasteiger partial charge in [0.05, 0.1) is 5.56 Å². The molecule has 4 nitrogen and oxygen atoms in total. The molecule has 4 heteroatoms. The largest absolute Gasteiger partial charge is 0.373 e. The van der Waals surface area contributed by atoms with Gasteiger partial charge in [0.2, 0.25) is 0 Å². The second-order valence-electron chi connectivity index (χ2n) is 5.63. The Labute approximate surface area is 125 Å². The molecule has 0 saturated carbocycles. The number of benzene rings is 1. The molecule has 0 spiro atoms. The third-order valence-electron chi connectivity index (χ3n) is 4.41. The number of nitrogens with one attached hydrogen (secondary N) is 1. The molecule has 1 amide bonds. The van der Waals surface area contributed by atoms with Crippen molar-refractivity contribution < 1.29 is 4.79 Å². The number of carbonyl (C=O) groups is 1. The molecule has 21 heavy (non-hydrogen) atoms. The van der Waals surface area contributed by atoms with E-state index in [0.29, 0.717) is 11.5 Å². The summed E-state index contributed by atoms with van der Waals surface area (Å²) >= 11 is 0. The standard InChI is InChI=1S/C17H21N3O/c1-3-12-8-9-20(11-12)17(21)15-10-19-16(18-2)14-7-5-4-6-13(14)15/h4-7,10,12H,3,8-9,11H2,1-2H3,(H,18,19). The number of fused-ring (bicyclic) bond motifs is 1. The van der Waals surface area contributed by atoms with Crippen molar-refractivity contribution in [3.8, 4) is 0 Å². The molecule has 1 aromatic carbocycles. The summed E-state index contributed by atoms with van der Waals surface area (Å²) < 4.78 is 0. The monoisotopic (exact) mass is 283 g/mol. The first-order valence-electron chi connectivity index (χ1n) is 7.59. The lowest BCUT2D eigenvalue weighted by atomic mass is 10.1. The lowest BCUT2D eigenvalue weighted by Crippen LogP contribution is -2.29. The molecule has 1 aliphatic heterocycles. The zero-order chi connectivity index (χ0) is 14.8. The van der Waals surface area contributed by atoms with Crippen LogP contribution in [0.5, 0.6) is 0 Å². The number of hydrogen-bond donors (Lipinski definition) is 1. The van der Waals surface area contributed by atoms with Gasteiger partial charge >= 0.3 is 0 Å². The quantitative estimate of drug-likeness (QED) is 0.941. The zero-order valence-electron chi connectivity index (χ0n) is 12.6. The van der Waals surface area contributed by atoms with Crippen LogP contribution in [0.15, 0.2) is 30.5 Å². The summed E-state index contributed by atoms with van der Waals surface area (Å²) in [6, 6.07) is 7.95. The maximum atomic E-state index is 12.8. The Morgan fingerprint density at radius 3 is 2.81 bits per heavy atom. The number of anilines is 1. The first kappa shape index (κ1) is 13.9. The van der Waals surface area contributed by atoms with Crippen molar-refractivity contribution >= 4 is 22.5 Å². The Bertz CT molecular complexity index is 668.